The zero-order valence-corrected chi connectivity index (χ0v) is 11.4. The summed E-state index contributed by atoms with van der Waals surface area (Å²) < 4.78 is 0. The Hall–Kier alpha value is -1.08. The van der Waals surface area contributed by atoms with Crippen molar-refractivity contribution in [3.8, 4) is 0 Å². The van der Waals surface area contributed by atoms with Gasteiger partial charge in [-0.25, -0.2) is 0 Å². The average molecular weight is 263 g/mol. The normalized spacial score (nSPS) is 20.2. The second-order valence-corrected chi connectivity index (χ2v) is 5.74. The Balaban J connectivity index is 0.000000574. The highest BCUT2D eigenvalue weighted by Crippen LogP contribution is 2.46. The highest BCUT2D eigenvalue weighted by molar-refractivity contribution is 6.30. The highest BCUT2D eigenvalue weighted by Gasteiger charge is 2.39. The molecule has 1 fully saturated rings. The monoisotopic (exact) mass is 262 g/mol. The van der Waals surface area contributed by atoms with Crippen LogP contribution < -0.4 is 0 Å². The van der Waals surface area contributed by atoms with Gasteiger partial charge in [0, 0.05) is 17.9 Å². The lowest BCUT2D eigenvalue weighted by molar-refractivity contribution is -0.122. The highest BCUT2D eigenvalue weighted by atomic mass is 35.5. The molecule has 0 aliphatic heterocycles. The van der Waals surface area contributed by atoms with E-state index in [0.29, 0.717) is 11.2 Å². The van der Waals surface area contributed by atoms with E-state index in [1.807, 2.05) is 6.07 Å². The number of fused-ring (bicyclic) bond motifs is 1. The van der Waals surface area contributed by atoms with Crippen molar-refractivity contribution in [3.63, 3.8) is 0 Å². The van der Waals surface area contributed by atoms with E-state index in [1.165, 1.54) is 11.1 Å². The topological polar surface area (TPSA) is 17.1 Å². The first-order valence-corrected chi connectivity index (χ1v) is 6.84. The molecular formula is C16H19ClO. The van der Waals surface area contributed by atoms with Gasteiger partial charge < -0.3 is 0 Å². The molecular weight excluding hydrogens is 244 g/mol. The van der Waals surface area contributed by atoms with Crippen molar-refractivity contribution in [2.75, 3.05) is 0 Å². The Morgan fingerprint density at radius 3 is 2.33 bits per heavy atom. The number of halogens is 1. The number of carbonyl (C=O) groups excluding carboxylic acids is 1. The number of carbonyl (C=O) groups is 1. The molecule has 1 nitrogen and oxygen atoms in total. The Morgan fingerprint density at radius 2 is 1.67 bits per heavy atom. The molecule has 0 unspecified atom stereocenters. The summed E-state index contributed by atoms with van der Waals surface area (Å²) in [4.78, 5) is 11.3. The van der Waals surface area contributed by atoms with Gasteiger partial charge in [-0.05, 0) is 54.4 Å². The van der Waals surface area contributed by atoms with Gasteiger partial charge in [-0.1, -0.05) is 17.7 Å². The lowest BCUT2D eigenvalue weighted by atomic mass is 9.72. The van der Waals surface area contributed by atoms with Gasteiger partial charge in [0.25, 0.3) is 0 Å². The van der Waals surface area contributed by atoms with Crippen molar-refractivity contribution >= 4 is 17.4 Å². The van der Waals surface area contributed by atoms with Crippen LogP contribution in [-0.4, -0.2) is 5.78 Å². The van der Waals surface area contributed by atoms with E-state index in [9.17, 15) is 4.79 Å². The van der Waals surface area contributed by atoms with Crippen LogP contribution >= 0.6 is 11.6 Å². The summed E-state index contributed by atoms with van der Waals surface area (Å²) >= 11 is 6.02. The fourth-order valence-electron chi connectivity index (χ4n) is 3.21. The second kappa shape index (κ2) is 5.27. The molecule has 1 saturated carbocycles. The lowest BCUT2D eigenvalue weighted by Crippen LogP contribution is -2.28. The summed E-state index contributed by atoms with van der Waals surface area (Å²) in [5.41, 5.74) is 3.22. The molecule has 0 N–H and O–H groups in total. The van der Waals surface area contributed by atoms with E-state index < -0.39 is 0 Å². The summed E-state index contributed by atoms with van der Waals surface area (Å²) in [6, 6.07) is 6.23. The third-order valence-electron chi connectivity index (χ3n) is 4.17. The zero-order chi connectivity index (χ0) is 13.2. The maximum absolute atomic E-state index is 11.3. The van der Waals surface area contributed by atoms with Crippen LogP contribution in [0.25, 0.3) is 0 Å². The molecule has 96 valence electrons. The van der Waals surface area contributed by atoms with Crippen LogP contribution in [0.5, 0.6) is 0 Å². The maximum Gasteiger partial charge on any atom is 0.132 e. The summed E-state index contributed by atoms with van der Waals surface area (Å²) in [5.74, 6) is 0.444. The third kappa shape index (κ3) is 2.51. The fourth-order valence-corrected chi connectivity index (χ4v) is 3.41. The number of benzene rings is 1. The van der Waals surface area contributed by atoms with Crippen LogP contribution in [0.4, 0.5) is 0 Å². The molecule has 0 atom stereocenters. The van der Waals surface area contributed by atoms with Crippen LogP contribution in [0.3, 0.4) is 0 Å². The number of hydrogen-bond acceptors (Lipinski definition) is 1. The predicted molar refractivity (Wildman–Crippen MR) is 76.0 cm³/mol. The van der Waals surface area contributed by atoms with Crippen molar-refractivity contribution in [1.29, 1.82) is 0 Å². The van der Waals surface area contributed by atoms with Gasteiger partial charge in [0.1, 0.15) is 5.78 Å². The Labute approximate surface area is 114 Å². The smallest absolute Gasteiger partial charge is 0.132 e. The molecule has 0 bridgehead atoms. The maximum atomic E-state index is 11.3. The van der Waals surface area contributed by atoms with Gasteiger partial charge in [0.2, 0.25) is 0 Å². The first-order chi connectivity index (χ1) is 8.67. The van der Waals surface area contributed by atoms with E-state index in [1.54, 1.807) is 0 Å². The first kappa shape index (κ1) is 13.4. The van der Waals surface area contributed by atoms with E-state index in [2.05, 4.69) is 25.3 Å². The molecule has 18 heavy (non-hydrogen) atoms. The summed E-state index contributed by atoms with van der Waals surface area (Å²) in [7, 11) is 0. The Bertz CT molecular complexity index is 454. The quantitative estimate of drug-likeness (QED) is 0.635. The van der Waals surface area contributed by atoms with Crippen molar-refractivity contribution in [2.24, 2.45) is 5.41 Å². The number of Topliss-reactive ketones (excluding diaryl/α,β-unsaturated/α-hetero) is 1. The van der Waals surface area contributed by atoms with Crippen LogP contribution in [0.2, 0.25) is 5.02 Å². The van der Waals surface area contributed by atoms with Crippen molar-refractivity contribution in [3.05, 3.63) is 47.5 Å². The van der Waals surface area contributed by atoms with Crippen LogP contribution in [0.1, 0.15) is 36.8 Å². The van der Waals surface area contributed by atoms with E-state index in [0.717, 1.165) is 43.5 Å². The van der Waals surface area contributed by atoms with Gasteiger partial charge in [-0.15, -0.1) is 13.2 Å². The number of hydrogen-bond donors (Lipinski definition) is 0. The van der Waals surface area contributed by atoms with Crippen LogP contribution in [-0.2, 0) is 17.6 Å². The largest absolute Gasteiger partial charge is 0.300 e. The van der Waals surface area contributed by atoms with Crippen LogP contribution in [0, 0.1) is 5.41 Å². The minimum absolute atomic E-state index is 0.376. The lowest BCUT2D eigenvalue weighted by Gasteiger charge is -2.32. The minimum Gasteiger partial charge on any atom is -0.300 e. The molecule has 0 aromatic heterocycles. The summed E-state index contributed by atoms with van der Waals surface area (Å²) in [6.07, 6.45) is 5.96. The standard InChI is InChI=1S/C14H15ClO.C2H4/c15-12-2-1-10-8-14(9-11(10)7-12)5-3-13(16)4-6-14;1-2/h1-2,7H,3-6,8-9H2;1-2H2. The molecule has 2 heteroatoms. The summed E-state index contributed by atoms with van der Waals surface area (Å²) in [6.45, 7) is 6.00. The third-order valence-corrected chi connectivity index (χ3v) is 4.40. The molecule has 2 aliphatic carbocycles. The summed E-state index contributed by atoms with van der Waals surface area (Å²) in [5, 5.41) is 0.836. The first-order valence-electron chi connectivity index (χ1n) is 6.46. The Kier molecular flexibility index (Phi) is 3.91. The molecule has 0 saturated heterocycles. The molecule has 0 amide bonds. The van der Waals surface area contributed by atoms with E-state index >= 15 is 0 Å². The van der Waals surface area contributed by atoms with Crippen LogP contribution in [0.15, 0.2) is 31.4 Å². The Morgan fingerprint density at radius 1 is 1.06 bits per heavy atom. The van der Waals surface area contributed by atoms with Crippen molar-refractivity contribution in [1.82, 2.24) is 0 Å². The molecule has 1 aromatic carbocycles. The fraction of sp³-hybridized carbons (Fsp3) is 0.438. The van der Waals surface area contributed by atoms with E-state index in [4.69, 9.17) is 11.6 Å². The molecule has 0 heterocycles. The zero-order valence-electron chi connectivity index (χ0n) is 10.7. The average Bonchev–Trinajstić information content (AvgIpc) is 2.73. The molecule has 1 spiro atoms. The van der Waals surface area contributed by atoms with Crippen molar-refractivity contribution < 1.29 is 4.79 Å². The number of rotatable bonds is 0. The molecule has 3 rings (SSSR count). The van der Waals surface area contributed by atoms with Gasteiger partial charge in [0.15, 0.2) is 0 Å². The van der Waals surface area contributed by atoms with Gasteiger partial charge in [-0.3, -0.25) is 4.79 Å². The minimum atomic E-state index is 0.376. The molecule has 0 radical (unpaired) electrons. The SMILES string of the molecule is C=C.O=C1CCC2(CC1)Cc1ccc(Cl)cc1C2. The van der Waals surface area contributed by atoms with Gasteiger partial charge in [0.05, 0.1) is 0 Å². The van der Waals surface area contributed by atoms with Gasteiger partial charge in [-0.2, -0.15) is 0 Å². The number of ketones is 1. The van der Waals surface area contributed by atoms with Crippen molar-refractivity contribution in [2.45, 2.75) is 38.5 Å². The van der Waals surface area contributed by atoms with E-state index in [-0.39, 0.29) is 0 Å². The predicted octanol–water partition coefficient (Wildman–Crippen LogP) is 4.37. The molecule has 1 aromatic rings. The second-order valence-electron chi connectivity index (χ2n) is 5.31. The molecule has 2 aliphatic rings. The van der Waals surface area contributed by atoms with Gasteiger partial charge >= 0.3 is 0 Å².